The number of carbonyl (C=O) groups is 1. The van der Waals surface area contributed by atoms with Gasteiger partial charge >= 0.3 is 5.97 Å². The lowest BCUT2D eigenvalue weighted by Crippen LogP contribution is -2.50. The second-order valence-electron chi connectivity index (χ2n) is 4.73. The molecular formula is C13H17NO4S. The highest BCUT2D eigenvalue weighted by Gasteiger charge is 2.31. The molecule has 1 aromatic carbocycles. The Morgan fingerprint density at radius 1 is 1.21 bits per heavy atom. The van der Waals surface area contributed by atoms with E-state index in [4.69, 9.17) is 0 Å². The summed E-state index contributed by atoms with van der Waals surface area (Å²) in [5.74, 6) is -0.805. The number of rotatable bonds is 4. The Hall–Kier alpha value is -1.40. The summed E-state index contributed by atoms with van der Waals surface area (Å²) in [5, 5.41) is 9.33. The van der Waals surface area contributed by atoms with Crippen LogP contribution < -0.4 is 0 Å². The number of carboxylic acids is 1. The molecule has 0 unspecified atom stereocenters. The Bertz CT molecular complexity index is 527. The molecule has 0 saturated carbocycles. The molecule has 0 amide bonds. The molecular weight excluding hydrogens is 266 g/mol. The summed E-state index contributed by atoms with van der Waals surface area (Å²) in [7, 11) is -2.98. The predicted octanol–water partition coefficient (Wildman–Crippen LogP) is 0.413. The fraction of sp³-hybridized carbons (Fsp3) is 0.462. The molecule has 1 N–H and O–H groups in total. The number of nitrogens with zero attached hydrogens (tertiary/aromatic N) is 1. The van der Waals surface area contributed by atoms with Gasteiger partial charge in [0.2, 0.25) is 0 Å². The van der Waals surface area contributed by atoms with Crippen molar-refractivity contribution in [3.63, 3.8) is 0 Å². The maximum absolute atomic E-state index is 11.4. The molecule has 1 aliphatic heterocycles. The molecule has 0 radical (unpaired) electrons. The standard InChI is InChI=1S/C13H17NO4S/c15-13(16)12(10-11-4-2-1-3-5-11)14-6-8-19(17,18)9-7-14/h1-5,12H,6-10H2,(H,15,16)/t12-/m0/s1. The average molecular weight is 283 g/mol. The molecule has 1 saturated heterocycles. The fourth-order valence-corrected chi connectivity index (χ4v) is 3.48. The lowest BCUT2D eigenvalue weighted by molar-refractivity contribution is -0.143. The second-order valence-corrected chi connectivity index (χ2v) is 7.04. The summed E-state index contributed by atoms with van der Waals surface area (Å²) in [6, 6.07) is 8.74. The van der Waals surface area contributed by atoms with E-state index in [9.17, 15) is 18.3 Å². The smallest absolute Gasteiger partial charge is 0.321 e. The molecule has 104 valence electrons. The number of carboxylic acid groups (broad SMARTS) is 1. The minimum absolute atomic E-state index is 0.0472. The zero-order valence-corrected chi connectivity index (χ0v) is 11.3. The third-order valence-corrected chi connectivity index (χ3v) is 4.99. The molecule has 0 aliphatic carbocycles. The first-order chi connectivity index (χ1) is 8.98. The normalized spacial score (nSPS) is 20.8. The van der Waals surface area contributed by atoms with Gasteiger partial charge in [-0.1, -0.05) is 30.3 Å². The third kappa shape index (κ3) is 3.78. The number of benzene rings is 1. The van der Waals surface area contributed by atoms with Crippen LogP contribution in [0.25, 0.3) is 0 Å². The molecule has 0 aromatic heterocycles. The summed E-state index contributed by atoms with van der Waals surface area (Å²) >= 11 is 0. The van der Waals surface area contributed by atoms with Crippen LogP contribution in [0.5, 0.6) is 0 Å². The van der Waals surface area contributed by atoms with Gasteiger partial charge in [-0.2, -0.15) is 0 Å². The summed E-state index contributed by atoms with van der Waals surface area (Å²) < 4.78 is 22.7. The highest BCUT2D eigenvalue weighted by molar-refractivity contribution is 7.91. The summed E-state index contributed by atoms with van der Waals surface area (Å²) in [6.07, 6.45) is 0.399. The lowest BCUT2D eigenvalue weighted by Gasteiger charge is -2.31. The van der Waals surface area contributed by atoms with Gasteiger partial charge in [-0.25, -0.2) is 8.42 Å². The van der Waals surface area contributed by atoms with E-state index in [-0.39, 0.29) is 11.5 Å². The van der Waals surface area contributed by atoms with Crippen molar-refractivity contribution >= 4 is 15.8 Å². The SMILES string of the molecule is O=C(O)[C@H](Cc1ccccc1)N1CCS(=O)(=O)CC1. The van der Waals surface area contributed by atoms with Gasteiger partial charge < -0.3 is 5.11 Å². The van der Waals surface area contributed by atoms with Crippen molar-refractivity contribution in [3.8, 4) is 0 Å². The van der Waals surface area contributed by atoms with E-state index < -0.39 is 21.8 Å². The first-order valence-electron chi connectivity index (χ1n) is 6.19. The molecule has 5 nitrogen and oxygen atoms in total. The van der Waals surface area contributed by atoms with Crippen LogP contribution in [0, 0.1) is 0 Å². The highest BCUT2D eigenvalue weighted by atomic mass is 32.2. The monoisotopic (exact) mass is 283 g/mol. The molecule has 1 atom stereocenters. The summed E-state index contributed by atoms with van der Waals surface area (Å²) in [4.78, 5) is 13.1. The van der Waals surface area contributed by atoms with Crippen LogP contribution in [0.3, 0.4) is 0 Å². The zero-order chi connectivity index (χ0) is 13.9. The van der Waals surface area contributed by atoms with Crippen molar-refractivity contribution in [1.29, 1.82) is 0 Å². The van der Waals surface area contributed by atoms with E-state index in [0.717, 1.165) is 5.56 Å². The largest absolute Gasteiger partial charge is 0.480 e. The van der Waals surface area contributed by atoms with Crippen LogP contribution in [0.15, 0.2) is 30.3 Å². The van der Waals surface area contributed by atoms with Gasteiger partial charge in [0.05, 0.1) is 11.5 Å². The van der Waals surface area contributed by atoms with Crippen LogP contribution in [-0.4, -0.2) is 55.0 Å². The van der Waals surface area contributed by atoms with E-state index >= 15 is 0 Å². The molecule has 2 rings (SSSR count). The number of hydrogen-bond acceptors (Lipinski definition) is 4. The number of sulfone groups is 1. The van der Waals surface area contributed by atoms with Gasteiger partial charge in [0.1, 0.15) is 6.04 Å². The maximum Gasteiger partial charge on any atom is 0.321 e. The molecule has 1 fully saturated rings. The topological polar surface area (TPSA) is 74.7 Å². The predicted molar refractivity (Wildman–Crippen MR) is 71.8 cm³/mol. The first-order valence-corrected chi connectivity index (χ1v) is 8.01. The zero-order valence-electron chi connectivity index (χ0n) is 10.5. The number of hydrogen-bond donors (Lipinski definition) is 1. The van der Waals surface area contributed by atoms with Crippen molar-refractivity contribution in [3.05, 3.63) is 35.9 Å². The van der Waals surface area contributed by atoms with Crippen LogP contribution in [0.2, 0.25) is 0 Å². The van der Waals surface area contributed by atoms with Crippen molar-refractivity contribution in [1.82, 2.24) is 4.90 Å². The Morgan fingerprint density at radius 2 is 1.79 bits per heavy atom. The minimum Gasteiger partial charge on any atom is -0.480 e. The molecule has 0 bridgehead atoms. The van der Waals surface area contributed by atoms with Gasteiger partial charge in [-0.05, 0) is 12.0 Å². The van der Waals surface area contributed by atoms with Gasteiger partial charge in [0, 0.05) is 13.1 Å². The van der Waals surface area contributed by atoms with Crippen LogP contribution in [0.1, 0.15) is 5.56 Å². The van der Waals surface area contributed by atoms with Crippen molar-refractivity contribution in [2.75, 3.05) is 24.6 Å². The lowest BCUT2D eigenvalue weighted by atomic mass is 10.0. The quantitative estimate of drug-likeness (QED) is 0.866. The van der Waals surface area contributed by atoms with Gasteiger partial charge in [-0.15, -0.1) is 0 Å². The van der Waals surface area contributed by atoms with Crippen LogP contribution >= 0.6 is 0 Å². The van der Waals surface area contributed by atoms with E-state index in [1.165, 1.54) is 0 Å². The number of aliphatic carboxylic acids is 1. The Morgan fingerprint density at radius 3 is 2.32 bits per heavy atom. The van der Waals surface area contributed by atoms with Crippen LogP contribution in [-0.2, 0) is 21.1 Å². The van der Waals surface area contributed by atoms with Gasteiger partial charge in [0.25, 0.3) is 0 Å². The molecule has 1 aliphatic rings. The molecule has 6 heteroatoms. The summed E-state index contributed by atoms with van der Waals surface area (Å²) in [6.45, 7) is 0.596. The highest BCUT2D eigenvalue weighted by Crippen LogP contribution is 2.13. The van der Waals surface area contributed by atoms with Crippen molar-refractivity contribution < 1.29 is 18.3 Å². The van der Waals surface area contributed by atoms with E-state index in [1.807, 2.05) is 30.3 Å². The van der Waals surface area contributed by atoms with E-state index in [0.29, 0.717) is 19.5 Å². The van der Waals surface area contributed by atoms with Gasteiger partial charge in [-0.3, -0.25) is 9.69 Å². The molecule has 1 heterocycles. The van der Waals surface area contributed by atoms with Crippen molar-refractivity contribution in [2.45, 2.75) is 12.5 Å². The fourth-order valence-electron chi connectivity index (χ4n) is 2.25. The molecule has 1 aromatic rings. The Kier molecular flexibility index (Phi) is 4.21. The van der Waals surface area contributed by atoms with Crippen LogP contribution in [0.4, 0.5) is 0 Å². The molecule has 19 heavy (non-hydrogen) atoms. The third-order valence-electron chi connectivity index (χ3n) is 3.38. The Balaban J connectivity index is 2.07. The first kappa shape index (κ1) is 14.0. The van der Waals surface area contributed by atoms with Gasteiger partial charge in [0.15, 0.2) is 9.84 Å². The van der Waals surface area contributed by atoms with E-state index in [1.54, 1.807) is 4.90 Å². The maximum atomic E-state index is 11.4. The van der Waals surface area contributed by atoms with E-state index in [2.05, 4.69) is 0 Å². The second kappa shape index (κ2) is 5.71. The molecule has 0 spiro atoms. The average Bonchev–Trinajstić information content (AvgIpc) is 2.37. The Labute approximate surface area is 112 Å². The summed E-state index contributed by atoms with van der Waals surface area (Å²) in [5.41, 5.74) is 0.948. The van der Waals surface area contributed by atoms with Crippen molar-refractivity contribution in [2.24, 2.45) is 0 Å². The minimum atomic E-state index is -2.98.